The first-order valence-electron chi connectivity index (χ1n) is 3.68. The highest BCUT2D eigenvalue weighted by atomic mass is 32.2. The molecule has 2 bridgehead atoms. The molecule has 0 aromatic carbocycles. The van der Waals surface area contributed by atoms with Gasteiger partial charge in [-0.3, -0.25) is 0 Å². The maximum Gasteiger partial charge on any atom is 0.0669 e. The molecule has 0 spiro atoms. The summed E-state index contributed by atoms with van der Waals surface area (Å²) in [5.74, 6) is 2.49. The lowest BCUT2D eigenvalue weighted by Crippen LogP contribution is -2.35. The van der Waals surface area contributed by atoms with Crippen LogP contribution in [0.5, 0.6) is 0 Å². The van der Waals surface area contributed by atoms with Crippen LogP contribution in [-0.2, 0) is 4.74 Å². The van der Waals surface area contributed by atoms with E-state index in [1.807, 2.05) is 0 Å². The van der Waals surface area contributed by atoms with E-state index in [-0.39, 0.29) is 0 Å². The van der Waals surface area contributed by atoms with Gasteiger partial charge in [-0.2, -0.15) is 11.8 Å². The van der Waals surface area contributed by atoms with Crippen molar-refractivity contribution in [3.8, 4) is 0 Å². The quantitative estimate of drug-likeness (QED) is 0.511. The molecule has 0 N–H and O–H groups in total. The van der Waals surface area contributed by atoms with Crippen LogP contribution in [0.4, 0.5) is 0 Å². The summed E-state index contributed by atoms with van der Waals surface area (Å²) in [5, 5.41) is 0. The molecule has 0 aromatic rings. The largest absolute Gasteiger partial charge is 0.373 e. The Labute approximate surface area is 60.2 Å². The van der Waals surface area contributed by atoms with Crippen LogP contribution >= 0.6 is 11.8 Å². The van der Waals surface area contributed by atoms with Crippen molar-refractivity contribution in [2.75, 3.05) is 11.5 Å². The van der Waals surface area contributed by atoms with E-state index in [0.29, 0.717) is 12.2 Å². The summed E-state index contributed by atoms with van der Waals surface area (Å²) in [5.41, 5.74) is 0. The third-order valence-electron chi connectivity index (χ3n) is 2.04. The van der Waals surface area contributed by atoms with Crippen molar-refractivity contribution in [2.24, 2.45) is 0 Å². The van der Waals surface area contributed by atoms with Crippen LogP contribution in [0.15, 0.2) is 0 Å². The molecule has 0 aromatic heterocycles. The van der Waals surface area contributed by atoms with E-state index >= 15 is 0 Å². The average Bonchev–Trinajstić information content (AvgIpc) is 1.88. The van der Waals surface area contributed by atoms with E-state index in [2.05, 4.69) is 11.8 Å². The van der Waals surface area contributed by atoms with Gasteiger partial charge in [0.2, 0.25) is 0 Å². The van der Waals surface area contributed by atoms with Gasteiger partial charge in [0.25, 0.3) is 0 Å². The third-order valence-corrected chi connectivity index (χ3v) is 3.26. The normalized spacial score (nSPS) is 42.7. The highest BCUT2D eigenvalue weighted by Gasteiger charge is 2.26. The van der Waals surface area contributed by atoms with Crippen LogP contribution in [-0.4, -0.2) is 23.7 Å². The van der Waals surface area contributed by atoms with Gasteiger partial charge in [0, 0.05) is 11.5 Å². The lowest BCUT2D eigenvalue weighted by atomic mass is 10.1. The number of ether oxygens (including phenoxy) is 1. The second kappa shape index (κ2) is 2.51. The van der Waals surface area contributed by atoms with Gasteiger partial charge in [-0.05, 0) is 19.3 Å². The van der Waals surface area contributed by atoms with Gasteiger partial charge in [-0.25, -0.2) is 0 Å². The first kappa shape index (κ1) is 6.05. The Balaban J connectivity index is 1.96. The molecule has 9 heavy (non-hydrogen) atoms. The molecule has 2 rings (SSSR count). The minimum absolute atomic E-state index is 0.613. The predicted molar refractivity (Wildman–Crippen MR) is 39.8 cm³/mol. The second-order valence-electron chi connectivity index (χ2n) is 2.85. The summed E-state index contributed by atoms with van der Waals surface area (Å²) in [6.45, 7) is 0. The zero-order chi connectivity index (χ0) is 6.10. The summed E-state index contributed by atoms with van der Waals surface area (Å²) >= 11 is 2.06. The topological polar surface area (TPSA) is 9.23 Å². The van der Waals surface area contributed by atoms with Crippen molar-refractivity contribution in [3.63, 3.8) is 0 Å². The van der Waals surface area contributed by atoms with Crippen LogP contribution in [0, 0.1) is 0 Å². The molecule has 2 fully saturated rings. The molecular formula is C7H12OS. The van der Waals surface area contributed by atoms with Gasteiger partial charge in [-0.15, -0.1) is 0 Å². The van der Waals surface area contributed by atoms with E-state index in [0.717, 1.165) is 0 Å². The second-order valence-corrected chi connectivity index (χ2v) is 3.92. The smallest absolute Gasteiger partial charge is 0.0669 e. The molecule has 2 unspecified atom stereocenters. The van der Waals surface area contributed by atoms with Gasteiger partial charge in [0.05, 0.1) is 12.2 Å². The molecule has 52 valence electrons. The van der Waals surface area contributed by atoms with Crippen LogP contribution in [0.25, 0.3) is 0 Å². The SMILES string of the molecule is C1CC2CSCC(C1)O2. The minimum Gasteiger partial charge on any atom is -0.373 e. The third kappa shape index (κ3) is 1.24. The molecule has 2 heteroatoms. The predicted octanol–water partition coefficient (Wildman–Crippen LogP) is 1.67. The summed E-state index contributed by atoms with van der Waals surface area (Å²) in [7, 11) is 0. The Kier molecular flexibility index (Phi) is 1.68. The maximum absolute atomic E-state index is 5.70. The zero-order valence-electron chi connectivity index (χ0n) is 5.51. The Bertz CT molecular complexity index is 85.1. The van der Waals surface area contributed by atoms with Gasteiger partial charge in [0.15, 0.2) is 0 Å². The van der Waals surface area contributed by atoms with Gasteiger partial charge >= 0.3 is 0 Å². The molecule has 0 aliphatic carbocycles. The number of thioether (sulfide) groups is 1. The maximum atomic E-state index is 5.70. The van der Waals surface area contributed by atoms with Crippen molar-refractivity contribution < 1.29 is 4.74 Å². The molecule has 0 saturated carbocycles. The summed E-state index contributed by atoms with van der Waals surface area (Å²) in [6.07, 6.45) is 5.24. The van der Waals surface area contributed by atoms with Crippen LogP contribution < -0.4 is 0 Å². The van der Waals surface area contributed by atoms with E-state index in [1.165, 1.54) is 30.8 Å². The van der Waals surface area contributed by atoms with E-state index in [9.17, 15) is 0 Å². The monoisotopic (exact) mass is 144 g/mol. The Hall–Kier alpha value is 0.310. The van der Waals surface area contributed by atoms with Gasteiger partial charge in [0.1, 0.15) is 0 Å². The van der Waals surface area contributed by atoms with Crippen LogP contribution in [0.1, 0.15) is 19.3 Å². The van der Waals surface area contributed by atoms with Crippen LogP contribution in [0.2, 0.25) is 0 Å². The summed E-state index contributed by atoms with van der Waals surface area (Å²) in [6, 6.07) is 0. The Morgan fingerprint density at radius 3 is 2.33 bits per heavy atom. The number of hydrogen-bond donors (Lipinski definition) is 0. The van der Waals surface area contributed by atoms with Crippen molar-refractivity contribution in [1.29, 1.82) is 0 Å². The number of hydrogen-bond acceptors (Lipinski definition) is 2. The molecule has 2 heterocycles. The molecule has 2 atom stereocenters. The summed E-state index contributed by atoms with van der Waals surface area (Å²) in [4.78, 5) is 0. The van der Waals surface area contributed by atoms with E-state index in [4.69, 9.17) is 4.74 Å². The van der Waals surface area contributed by atoms with Crippen molar-refractivity contribution >= 4 is 11.8 Å². The summed E-state index contributed by atoms with van der Waals surface area (Å²) < 4.78 is 5.70. The van der Waals surface area contributed by atoms with Crippen molar-refractivity contribution in [3.05, 3.63) is 0 Å². The van der Waals surface area contributed by atoms with Gasteiger partial charge in [-0.1, -0.05) is 0 Å². The molecule has 1 nitrogen and oxygen atoms in total. The Morgan fingerprint density at radius 1 is 1.11 bits per heavy atom. The highest BCUT2D eigenvalue weighted by molar-refractivity contribution is 7.99. The standard InChI is InChI=1S/C7H12OS/c1-2-6-4-9-5-7(3-1)8-6/h6-7H,1-5H2. The fourth-order valence-corrected chi connectivity index (χ4v) is 2.71. The number of fused-ring (bicyclic) bond motifs is 2. The zero-order valence-corrected chi connectivity index (χ0v) is 6.32. The first-order chi connectivity index (χ1) is 4.45. The average molecular weight is 144 g/mol. The number of rotatable bonds is 0. The molecular weight excluding hydrogens is 132 g/mol. The fourth-order valence-electron chi connectivity index (χ4n) is 1.56. The van der Waals surface area contributed by atoms with Gasteiger partial charge < -0.3 is 4.74 Å². The lowest BCUT2D eigenvalue weighted by Gasteiger charge is -2.34. The minimum atomic E-state index is 0.613. The van der Waals surface area contributed by atoms with E-state index < -0.39 is 0 Å². The molecule has 0 amide bonds. The molecule has 2 aliphatic rings. The molecule has 2 saturated heterocycles. The highest BCUT2D eigenvalue weighted by Crippen LogP contribution is 2.28. The first-order valence-corrected chi connectivity index (χ1v) is 4.84. The molecule has 2 aliphatic heterocycles. The van der Waals surface area contributed by atoms with Crippen LogP contribution in [0.3, 0.4) is 0 Å². The fraction of sp³-hybridized carbons (Fsp3) is 1.00. The van der Waals surface area contributed by atoms with E-state index in [1.54, 1.807) is 0 Å². The lowest BCUT2D eigenvalue weighted by molar-refractivity contribution is -0.0298. The molecule has 0 radical (unpaired) electrons. The van der Waals surface area contributed by atoms with Crippen molar-refractivity contribution in [1.82, 2.24) is 0 Å². The van der Waals surface area contributed by atoms with Crippen molar-refractivity contribution in [2.45, 2.75) is 31.5 Å². The Morgan fingerprint density at radius 2 is 1.78 bits per heavy atom.